The Morgan fingerprint density at radius 3 is 2.38 bits per heavy atom. The van der Waals surface area contributed by atoms with Crippen LogP contribution in [0.3, 0.4) is 0 Å². The van der Waals surface area contributed by atoms with Crippen LogP contribution in [-0.2, 0) is 9.05 Å². The van der Waals surface area contributed by atoms with Crippen LogP contribution >= 0.6 is 10.7 Å². The summed E-state index contributed by atoms with van der Waals surface area (Å²) in [6, 6.07) is 3.74. The third-order valence-electron chi connectivity index (χ3n) is 1.86. The van der Waals surface area contributed by atoms with Gasteiger partial charge in [-0.3, -0.25) is 0 Å². The Balaban J connectivity index is 3.74. The third-order valence-corrected chi connectivity index (χ3v) is 3.27. The van der Waals surface area contributed by atoms with Crippen LogP contribution in [0.15, 0.2) is 17.0 Å². The number of hydrogen-bond donors (Lipinski definition) is 0. The summed E-state index contributed by atoms with van der Waals surface area (Å²) in [7, 11) is 0.664. The molecule has 0 aliphatic carbocycles. The maximum atomic E-state index is 12.6. The zero-order chi connectivity index (χ0) is 12.5. The molecule has 1 aromatic carbocycles. The van der Waals surface area contributed by atoms with Gasteiger partial charge in [0.15, 0.2) is 0 Å². The van der Waals surface area contributed by atoms with E-state index in [0.29, 0.717) is 5.56 Å². The van der Waals surface area contributed by atoms with E-state index < -0.39 is 25.9 Å². The minimum absolute atomic E-state index is 0.370. The lowest BCUT2D eigenvalue weighted by Crippen LogP contribution is -2.03. The monoisotopic (exact) mass is 265 g/mol. The predicted octanol–water partition coefficient (Wildman–Crippen LogP) is 2.73. The maximum absolute atomic E-state index is 12.6. The second-order valence-electron chi connectivity index (χ2n) is 3.08. The first kappa shape index (κ1) is 12.9. The Bertz CT molecular complexity index is 564. The van der Waals surface area contributed by atoms with Crippen molar-refractivity contribution in [1.29, 1.82) is 5.26 Å². The first-order chi connectivity index (χ1) is 7.27. The molecule has 0 aliphatic rings. The van der Waals surface area contributed by atoms with Crippen LogP contribution in [-0.4, -0.2) is 8.42 Å². The van der Waals surface area contributed by atoms with Crippen molar-refractivity contribution in [2.75, 3.05) is 0 Å². The van der Waals surface area contributed by atoms with E-state index in [1.807, 2.05) is 0 Å². The fourth-order valence-corrected chi connectivity index (χ4v) is 2.63. The van der Waals surface area contributed by atoms with Gasteiger partial charge in [-0.25, -0.2) is 17.2 Å². The lowest BCUT2D eigenvalue weighted by atomic mass is 10.1. The molecule has 16 heavy (non-hydrogen) atoms. The summed E-state index contributed by atoms with van der Waals surface area (Å²) in [4.78, 5) is -0.808. The predicted molar refractivity (Wildman–Crippen MR) is 53.9 cm³/mol. The number of nitrogens with zero attached hydrogens (tertiary/aromatic N) is 1. The van der Waals surface area contributed by atoms with Crippen LogP contribution < -0.4 is 0 Å². The second-order valence-corrected chi connectivity index (χ2v) is 5.58. The molecule has 3 nitrogen and oxygen atoms in total. The molecule has 0 heterocycles. The Morgan fingerprint density at radius 2 is 2.00 bits per heavy atom. The Labute approximate surface area is 95.7 Å². The molecule has 0 fully saturated rings. The van der Waals surface area contributed by atoms with Gasteiger partial charge >= 0.3 is 0 Å². The van der Waals surface area contributed by atoms with Gasteiger partial charge in [0.25, 0.3) is 15.5 Å². The van der Waals surface area contributed by atoms with E-state index in [-0.39, 0.29) is 5.56 Å². The standard InChI is InChI=1S/C9H6ClF2NO2S/c1-5-2-6(4-13)8(16(10,14)15)7(3-5)9(11)12/h2-3,9H,1H3. The van der Waals surface area contributed by atoms with Gasteiger partial charge in [0.2, 0.25) is 0 Å². The maximum Gasteiger partial charge on any atom is 0.265 e. The number of hydrogen-bond acceptors (Lipinski definition) is 3. The molecular weight excluding hydrogens is 260 g/mol. The Morgan fingerprint density at radius 1 is 1.44 bits per heavy atom. The van der Waals surface area contributed by atoms with Crippen molar-refractivity contribution in [2.24, 2.45) is 0 Å². The minimum Gasteiger partial charge on any atom is -0.207 e. The molecule has 1 aromatic rings. The quantitative estimate of drug-likeness (QED) is 0.773. The molecule has 0 unspecified atom stereocenters. The van der Waals surface area contributed by atoms with E-state index in [1.165, 1.54) is 13.0 Å². The number of alkyl halides is 2. The summed E-state index contributed by atoms with van der Waals surface area (Å²) in [6.45, 7) is 1.48. The first-order valence-corrected chi connectivity index (χ1v) is 6.35. The van der Waals surface area contributed by atoms with Crippen molar-refractivity contribution in [3.8, 4) is 6.07 Å². The zero-order valence-electron chi connectivity index (χ0n) is 8.04. The molecule has 0 radical (unpaired) electrons. The largest absolute Gasteiger partial charge is 0.265 e. The number of rotatable bonds is 2. The highest BCUT2D eigenvalue weighted by Crippen LogP contribution is 2.32. The normalized spacial score (nSPS) is 11.5. The van der Waals surface area contributed by atoms with Crippen LogP contribution in [0.1, 0.15) is 23.1 Å². The Hall–Kier alpha value is -1.19. The van der Waals surface area contributed by atoms with Gasteiger partial charge in [-0.05, 0) is 24.6 Å². The van der Waals surface area contributed by atoms with Crippen molar-refractivity contribution < 1.29 is 17.2 Å². The number of benzene rings is 1. The van der Waals surface area contributed by atoms with Crippen molar-refractivity contribution in [3.63, 3.8) is 0 Å². The SMILES string of the molecule is Cc1cc(C#N)c(S(=O)(=O)Cl)c(C(F)F)c1. The molecule has 0 saturated heterocycles. The molecule has 0 N–H and O–H groups in total. The lowest BCUT2D eigenvalue weighted by Gasteiger charge is -2.08. The van der Waals surface area contributed by atoms with Gasteiger partial charge in [-0.1, -0.05) is 0 Å². The summed E-state index contributed by atoms with van der Waals surface area (Å²) in [6.07, 6.45) is -3.00. The summed E-state index contributed by atoms with van der Waals surface area (Å²) in [5, 5.41) is 8.69. The summed E-state index contributed by atoms with van der Waals surface area (Å²) < 4.78 is 47.5. The van der Waals surface area contributed by atoms with Gasteiger partial charge in [0.1, 0.15) is 11.0 Å². The molecule has 0 amide bonds. The molecule has 0 aliphatic heterocycles. The molecule has 0 bridgehead atoms. The molecule has 0 saturated carbocycles. The highest BCUT2D eigenvalue weighted by atomic mass is 35.7. The van der Waals surface area contributed by atoms with Crippen molar-refractivity contribution >= 4 is 19.7 Å². The fraction of sp³-hybridized carbons (Fsp3) is 0.222. The van der Waals surface area contributed by atoms with Gasteiger partial charge in [-0.15, -0.1) is 0 Å². The average molecular weight is 266 g/mol. The van der Waals surface area contributed by atoms with Gasteiger partial charge < -0.3 is 0 Å². The highest BCUT2D eigenvalue weighted by Gasteiger charge is 2.25. The van der Waals surface area contributed by atoms with E-state index >= 15 is 0 Å². The summed E-state index contributed by atoms with van der Waals surface area (Å²) in [5.41, 5.74) is -0.743. The van der Waals surface area contributed by atoms with Crippen molar-refractivity contribution in [1.82, 2.24) is 0 Å². The van der Waals surface area contributed by atoms with Crippen LogP contribution in [0, 0.1) is 18.3 Å². The highest BCUT2D eigenvalue weighted by molar-refractivity contribution is 8.13. The molecular formula is C9H6ClF2NO2S. The number of nitriles is 1. The minimum atomic E-state index is -4.37. The van der Waals surface area contributed by atoms with E-state index in [1.54, 1.807) is 6.07 Å². The second kappa shape index (κ2) is 4.36. The van der Waals surface area contributed by atoms with Crippen LogP contribution in [0.2, 0.25) is 0 Å². The zero-order valence-corrected chi connectivity index (χ0v) is 9.61. The average Bonchev–Trinajstić information content (AvgIpc) is 2.14. The van der Waals surface area contributed by atoms with Crippen molar-refractivity contribution in [2.45, 2.75) is 18.2 Å². The van der Waals surface area contributed by atoms with Gasteiger partial charge in [0.05, 0.1) is 5.56 Å². The number of halogens is 3. The third kappa shape index (κ3) is 2.49. The lowest BCUT2D eigenvalue weighted by molar-refractivity contribution is 0.148. The van der Waals surface area contributed by atoms with E-state index in [4.69, 9.17) is 15.9 Å². The van der Waals surface area contributed by atoms with E-state index in [0.717, 1.165) is 6.07 Å². The van der Waals surface area contributed by atoms with E-state index in [2.05, 4.69) is 0 Å². The first-order valence-electron chi connectivity index (χ1n) is 4.05. The molecule has 7 heteroatoms. The molecule has 0 aromatic heterocycles. The summed E-state index contributed by atoms with van der Waals surface area (Å²) in [5.74, 6) is 0. The molecule has 86 valence electrons. The van der Waals surface area contributed by atoms with Crippen molar-refractivity contribution in [3.05, 3.63) is 28.8 Å². The van der Waals surface area contributed by atoms with Crippen LogP contribution in [0.5, 0.6) is 0 Å². The number of aryl methyl sites for hydroxylation is 1. The van der Waals surface area contributed by atoms with E-state index in [9.17, 15) is 17.2 Å². The molecule has 1 rings (SSSR count). The fourth-order valence-electron chi connectivity index (χ4n) is 1.32. The van der Waals surface area contributed by atoms with Gasteiger partial charge in [-0.2, -0.15) is 5.26 Å². The molecule has 0 spiro atoms. The Kier molecular flexibility index (Phi) is 3.51. The molecule has 0 atom stereocenters. The van der Waals surface area contributed by atoms with Crippen LogP contribution in [0.25, 0.3) is 0 Å². The smallest absolute Gasteiger partial charge is 0.207 e. The van der Waals surface area contributed by atoms with Crippen LogP contribution in [0.4, 0.5) is 8.78 Å². The topological polar surface area (TPSA) is 57.9 Å². The summed E-state index contributed by atoms with van der Waals surface area (Å²) >= 11 is 0. The van der Waals surface area contributed by atoms with Gasteiger partial charge in [0, 0.05) is 16.2 Å².